The second-order valence-electron chi connectivity index (χ2n) is 9.37. The van der Waals surface area contributed by atoms with Crippen molar-refractivity contribution in [2.45, 2.75) is 32.1 Å². The zero-order valence-corrected chi connectivity index (χ0v) is 18.2. The molecule has 1 aromatic heterocycles. The minimum Gasteiger partial charge on any atom is -0.399 e. The van der Waals surface area contributed by atoms with E-state index in [2.05, 4.69) is 25.1 Å². The maximum Gasteiger partial charge on any atom is 0.232 e. The first-order valence-corrected chi connectivity index (χ1v) is 10.8. The Morgan fingerprint density at radius 1 is 1.22 bits per heavy atom. The number of nitrogens with zero attached hydrogens (tertiary/aromatic N) is 3. The van der Waals surface area contributed by atoms with Crippen molar-refractivity contribution in [1.29, 1.82) is 0 Å². The van der Waals surface area contributed by atoms with E-state index in [1.807, 2.05) is 29.2 Å². The monoisotopic (exact) mass is 430 g/mol. The number of carbonyl (C=O) groups excluding carboxylic acids is 2. The molecule has 3 aromatic rings. The Balaban J connectivity index is 1.38. The second kappa shape index (κ2) is 7.51. The third kappa shape index (κ3) is 3.53. The quantitative estimate of drug-likeness (QED) is 0.640. The van der Waals surface area contributed by atoms with Gasteiger partial charge in [-0.2, -0.15) is 0 Å². The molecule has 7 nitrogen and oxygen atoms in total. The van der Waals surface area contributed by atoms with Crippen molar-refractivity contribution < 1.29 is 14.1 Å². The van der Waals surface area contributed by atoms with Crippen LogP contribution in [0.5, 0.6) is 0 Å². The minimum atomic E-state index is -0.373. The van der Waals surface area contributed by atoms with Crippen molar-refractivity contribution in [3.8, 4) is 0 Å². The fourth-order valence-electron chi connectivity index (χ4n) is 4.82. The van der Waals surface area contributed by atoms with Gasteiger partial charge in [-0.15, -0.1) is 0 Å². The number of hydrogen-bond acceptors (Lipinski definition) is 5. The van der Waals surface area contributed by atoms with Crippen LogP contribution in [0, 0.1) is 5.92 Å². The van der Waals surface area contributed by atoms with Gasteiger partial charge in [-0.05, 0) is 35.4 Å². The number of aromatic nitrogens is 1. The molecule has 2 aliphatic heterocycles. The summed E-state index contributed by atoms with van der Waals surface area (Å²) in [5.41, 5.74) is 11.3. The van der Waals surface area contributed by atoms with Gasteiger partial charge < -0.3 is 20.1 Å². The standard InChI is InChI=1S/C25H26N4O3/c1-25(2)15-29(22-7-6-16(9-21(22)25)8-17-12-27-32-14-17)24(31)18-10-23(30)28(13-18)20-5-3-4-19(26)11-20/h3-7,9,11-12,14,18H,8,10,13,15,26H2,1-2H3. The molecule has 0 spiro atoms. The van der Waals surface area contributed by atoms with Crippen LogP contribution in [0.2, 0.25) is 0 Å². The van der Waals surface area contributed by atoms with E-state index >= 15 is 0 Å². The van der Waals surface area contributed by atoms with Gasteiger partial charge in [-0.25, -0.2) is 0 Å². The Morgan fingerprint density at radius 3 is 2.81 bits per heavy atom. The lowest BCUT2D eigenvalue weighted by molar-refractivity contribution is -0.124. The first kappa shape index (κ1) is 20.3. The molecule has 1 atom stereocenters. The van der Waals surface area contributed by atoms with Crippen molar-refractivity contribution in [3.63, 3.8) is 0 Å². The number of nitrogen functional groups attached to an aromatic ring is 1. The van der Waals surface area contributed by atoms with Crippen LogP contribution in [0.4, 0.5) is 17.1 Å². The van der Waals surface area contributed by atoms with Gasteiger partial charge in [-0.1, -0.05) is 37.2 Å². The van der Waals surface area contributed by atoms with E-state index in [9.17, 15) is 9.59 Å². The van der Waals surface area contributed by atoms with Gasteiger partial charge in [0, 0.05) is 54.0 Å². The molecule has 1 fully saturated rings. The molecule has 1 saturated heterocycles. The predicted molar refractivity (Wildman–Crippen MR) is 122 cm³/mol. The summed E-state index contributed by atoms with van der Waals surface area (Å²) in [6.07, 6.45) is 4.31. The number of anilines is 3. The van der Waals surface area contributed by atoms with E-state index in [1.165, 1.54) is 0 Å². The summed E-state index contributed by atoms with van der Waals surface area (Å²) in [5.74, 6) is -0.414. The molecule has 2 N–H and O–H groups in total. The third-order valence-corrected chi connectivity index (χ3v) is 6.45. The van der Waals surface area contributed by atoms with E-state index in [4.69, 9.17) is 10.3 Å². The number of benzene rings is 2. The Kier molecular flexibility index (Phi) is 4.77. The Bertz CT molecular complexity index is 1190. The molecule has 2 amide bonds. The maximum absolute atomic E-state index is 13.5. The molecule has 7 heteroatoms. The van der Waals surface area contributed by atoms with Crippen molar-refractivity contribution in [1.82, 2.24) is 5.16 Å². The second-order valence-corrected chi connectivity index (χ2v) is 9.37. The summed E-state index contributed by atoms with van der Waals surface area (Å²) < 4.78 is 4.94. The van der Waals surface area contributed by atoms with Crippen LogP contribution in [-0.4, -0.2) is 30.1 Å². The van der Waals surface area contributed by atoms with Crippen LogP contribution in [0.25, 0.3) is 0 Å². The van der Waals surface area contributed by atoms with Crippen LogP contribution in [0.3, 0.4) is 0 Å². The smallest absolute Gasteiger partial charge is 0.232 e. The highest BCUT2D eigenvalue weighted by Gasteiger charge is 2.43. The average molecular weight is 431 g/mol. The molecule has 164 valence electrons. The van der Waals surface area contributed by atoms with Gasteiger partial charge in [0.1, 0.15) is 6.26 Å². The van der Waals surface area contributed by atoms with Gasteiger partial charge in [0.2, 0.25) is 11.8 Å². The number of rotatable bonds is 4. The molecule has 2 aliphatic rings. The lowest BCUT2D eigenvalue weighted by atomic mass is 9.85. The highest BCUT2D eigenvalue weighted by Crippen LogP contribution is 2.42. The lowest BCUT2D eigenvalue weighted by Gasteiger charge is -2.23. The molecule has 1 unspecified atom stereocenters. The summed E-state index contributed by atoms with van der Waals surface area (Å²) in [4.78, 5) is 29.7. The number of fused-ring (bicyclic) bond motifs is 1. The third-order valence-electron chi connectivity index (χ3n) is 6.45. The zero-order chi connectivity index (χ0) is 22.5. The van der Waals surface area contributed by atoms with Crippen molar-refractivity contribution in [2.75, 3.05) is 28.6 Å². The first-order valence-electron chi connectivity index (χ1n) is 10.8. The molecular weight excluding hydrogens is 404 g/mol. The fraction of sp³-hybridized carbons (Fsp3) is 0.320. The number of hydrogen-bond donors (Lipinski definition) is 1. The summed E-state index contributed by atoms with van der Waals surface area (Å²) in [5, 5.41) is 3.77. The van der Waals surface area contributed by atoms with Crippen molar-refractivity contribution in [2.24, 2.45) is 5.92 Å². The molecule has 0 bridgehead atoms. The Labute approximate surface area is 186 Å². The largest absolute Gasteiger partial charge is 0.399 e. The summed E-state index contributed by atoms with van der Waals surface area (Å²) in [6, 6.07) is 13.5. The van der Waals surface area contributed by atoms with Crippen molar-refractivity contribution >= 4 is 28.9 Å². The van der Waals surface area contributed by atoms with Gasteiger partial charge in [-0.3, -0.25) is 9.59 Å². The van der Waals surface area contributed by atoms with E-state index in [1.54, 1.807) is 29.5 Å². The van der Waals surface area contributed by atoms with Crippen LogP contribution in [0.15, 0.2) is 59.4 Å². The normalized spacial score (nSPS) is 19.4. The maximum atomic E-state index is 13.5. The van der Waals surface area contributed by atoms with E-state index in [0.717, 1.165) is 34.5 Å². The molecule has 32 heavy (non-hydrogen) atoms. The molecule has 2 aromatic carbocycles. The van der Waals surface area contributed by atoms with Gasteiger partial charge in [0.05, 0.1) is 12.1 Å². The number of nitrogens with two attached hydrogens (primary N) is 1. The fourth-order valence-corrected chi connectivity index (χ4v) is 4.82. The molecule has 0 aliphatic carbocycles. The molecule has 5 rings (SSSR count). The lowest BCUT2D eigenvalue weighted by Crippen LogP contribution is -2.39. The van der Waals surface area contributed by atoms with E-state index in [-0.39, 0.29) is 29.6 Å². The van der Waals surface area contributed by atoms with Gasteiger partial charge in [0.25, 0.3) is 0 Å². The number of amides is 2. The Morgan fingerprint density at radius 2 is 2.06 bits per heavy atom. The molecule has 0 radical (unpaired) electrons. The molecule has 0 saturated carbocycles. The summed E-state index contributed by atoms with van der Waals surface area (Å²) >= 11 is 0. The van der Waals surface area contributed by atoms with Crippen LogP contribution in [0.1, 0.15) is 37.0 Å². The van der Waals surface area contributed by atoms with Crippen LogP contribution in [-0.2, 0) is 21.4 Å². The zero-order valence-electron chi connectivity index (χ0n) is 18.2. The highest BCUT2D eigenvalue weighted by molar-refractivity contribution is 6.05. The SMILES string of the molecule is CC1(C)CN(C(=O)C2CC(=O)N(c3cccc(N)c3)C2)c2ccc(Cc3cnoc3)cc21. The van der Waals surface area contributed by atoms with Crippen LogP contribution >= 0.6 is 0 Å². The average Bonchev–Trinajstić information content (AvgIpc) is 3.46. The molecule has 3 heterocycles. The topological polar surface area (TPSA) is 92.7 Å². The summed E-state index contributed by atoms with van der Waals surface area (Å²) in [6.45, 7) is 5.28. The molecular formula is C25H26N4O3. The van der Waals surface area contributed by atoms with Crippen molar-refractivity contribution in [3.05, 3.63) is 71.6 Å². The summed E-state index contributed by atoms with van der Waals surface area (Å²) in [7, 11) is 0. The first-order chi connectivity index (χ1) is 15.3. The number of carbonyl (C=O) groups is 2. The predicted octanol–water partition coefficient (Wildman–Crippen LogP) is 3.52. The Hall–Kier alpha value is -3.61. The minimum absolute atomic E-state index is 0.00311. The van der Waals surface area contributed by atoms with E-state index in [0.29, 0.717) is 18.8 Å². The van der Waals surface area contributed by atoms with Crippen LogP contribution < -0.4 is 15.5 Å². The van der Waals surface area contributed by atoms with Gasteiger partial charge in [0.15, 0.2) is 0 Å². The van der Waals surface area contributed by atoms with E-state index < -0.39 is 0 Å². The highest BCUT2D eigenvalue weighted by atomic mass is 16.5. The van der Waals surface area contributed by atoms with Gasteiger partial charge >= 0.3 is 0 Å².